The fourth-order valence-corrected chi connectivity index (χ4v) is 1.50. The van der Waals surface area contributed by atoms with E-state index in [-0.39, 0.29) is 25.0 Å². The first-order valence-electron chi connectivity index (χ1n) is 4.34. The van der Waals surface area contributed by atoms with Crippen LogP contribution in [0.1, 0.15) is 13.3 Å². The van der Waals surface area contributed by atoms with E-state index in [1.54, 1.807) is 0 Å². The summed E-state index contributed by atoms with van der Waals surface area (Å²) < 4.78 is 24.0. The zero-order valence-electron chi connectivity index (χ0n) is 7.80. The molecule has 1 fully saturated rings. The van der Waals surface area contributed by atoms with Gasteiger partial charge in [0.25, 0.3) is 5.91 Å². The summed E-state index contributed by atoms with van der Waals surface area (Å²) in [4.78, 5) is 22.6. The molecular weight excluding hydrogens is 194 g/mol. The normalized spacial score (nSPS) is 21.4. The number of hydrogen-bond donors (Lipinski definition) is 1. The number of halogens is 2. The quantitative estimate of drug-likeness (QED) is 0.690. The second-order valence-corrected chi connectivity index (χ2v) is 3.27. The molecular formula is C8H12F2N2O2. The van der Waals surface area contributed by atoms with Gasteiger partial charge in [-0.15, -0.1) is 0 Å². The molecule has 1 heterocycles. The van der Waals surface area contributed by atoms with Crippen molar-refractivity contribution in [3.8, 4) is 0 Å². The molecule has 1 aliphatic heterocycles. The van der Waals surface area contributed by atoms with Crippen molar-refractivity contribution in [2.75, 3.05) is 13.1 Å². The summed E-state index contributed by atoms with van der Waals surface area (Å²) in [6, 6.07) is -0.185. The number of carbonyl (C=O) groups is 2. The van der Waals surface area contributed by atoms with E-state index in [9.17, 15) is 18.4 Å². The molecule has 1 N–H and O–H groups in total. The molecule has 4 nitrogen and oxygen atoms in total. The molecule has 1 unspecified atom stereocenters. The molecule has 1 atom stereocenters. The van der Waals surface area contributed by atoms with Crippen LogP contribution in [0.4, 0.5) is 8.78 Å². The van der Waals surface area contributed by atoms with Crippen LogP contribution < -0.4 is 5.32 Å². The highest BCUT2D eigenvalue weighted by molar-refractivity contribution is 5.80. The van der Waals surface area contributed by atoms with Gasteiger partial charge in [-0.3, -0.25) is 9.59 Å². The second-order valence-electron chi connectivity index (χ2n) is 3.27. The SMILES string of the molecule is CC(=O)NC1CCN(C(=O)C(F)F)C1. The molecule has 0 radical (unpaired) electrons. The average Bonchev–Trinajstić information content (AvgIpc) is 2.50. The Kier molecular flexibility index (Phi) is 3.38. The van der Waals surface area contributed by atoms with Crippen LogP contribution in [0, 0.1) is 0 Å². The van der Waals surface area contributed by atoms with Crippen LogP contribution in [0.3, 0.4) is 0 Å². The number of likely N-dealkylation sites (tertiary alicyclic amines) is 1. The number of amides is 2. The largest absolute Gasteiger partial charge is 0.352 e. The van der Waals surface area contributed by atoms with Gasteiger partial charge in [-0.05, 0) is 6.42 Å². The minimum absolute atomic E-state index is 0.183. The van der Waals surface area contributed by atoms with Crippen molar-refractivity contribution in [3.05, 3.63) is 0 Å². The Labute approximate surface area is 80.3 Å². The third-order valence-corrected chi connectivity index (χ3v) is 2.09. The zero-order valence-corrected chi connectivity index (χ0v) is 7.80. The van der Waals surface area contributed by atoms with Crippen LogP contribution >= 0.6 is 0 Å². The molecule has 0 aromatic carbocycles. The fraction of sp³-hybridized carbons (Fsp3) is 0.750. The van der Waals surface area contributed by atoms with Crippen molar-refractivity contribution in [2.45, 2.75) is 25.8 Å². The Bertz CT molecular complexity index is 245. The number of carbonyl (C=O) groups excluding carboxylic acids is 2. The molecule has 0 aliphatic carbocycles. The smallest absolute Gasteiger partial charge is 0.315 e. The van der Waals surface area contributed by atoms with Gasteiger partial charge in [0.05, 0.1) is 0 Å². The van der Waals surface area contributed by atoms with Crippen LogP contribution in [0.15, 0.2) is 0 Å². The van der Waals surface area contributed by atoms with Gasteiger partial charge in [-0.25, -0.2) is 0 Å². The number of nitrogens with zero attached hydrogens (tertiary/aromatic N) is 1. The summed E-state index contributed by atoms with van der Waals surface area (Å²) >= 11 is 0. The molecule has 1 saturated heterocycles. The lowest BCUT2D eigenvalue weighted by Crippen LogP contribution is -2.39. The summed E-state index contributed by atoms with van der Waals surface area (Å²) in [7, 11) is 0. The molecule has 0 saturated carbocycles. The van der Waals surface area contributed by atoms with Crippen molar-refractivity contribution < 1.29 is 18.4 Å². The molecule has 14 heavy (non-hydrogen) atoms. The van der Waals surface area contributed by atoms with E-state index < -0.39 is 12.3 Å². The number of nitrogens with one attached hydrogen (secondary N) is 1. The van der Waals surface area contributed by atoms with Crippen LogP contribution in [-0.2, 0) is 9.59 Å². The van der Waals surface area contributed by atoms with Gasteiger partial charge in [0.1, 0.15) is 0 Å². The first-order chi connectivity index (χ1) is 6.50. The number of rotatable bonds is 2. The maximum atomic E-state index is 12.0. The van der Waals surface area contributed by atoms with Gasteiger partial charge < -0.3 is 10.2 Å². The first kappa shape index (κ1) is 10.9. The van der Waals surface area contributed by atoms with Crippen molar-refractivity contribution in [1.29, 1.82) is 0 Å². The molecule has 0 aromatic heterocycles. The van der Waals surface area contributed by atoms with Crippen LogP contribution in [0.5, 0.6) is 0 Å². The molecule has 0 aromatic rings. The third kappa shape index (κ3) is 2.65. The fourth-order valence-electron chi connectivity index (χ4n) is 1.50. The first-order valence-corrected chi connectivity index (χ1v) is 4.34. The Morgan fingerprint density at radius 3 is 2.64 bits per heavy atom. The maximum Gasteiger partial charge on any atom is 0.315 e. The van der Waals surface area contributed by atoms with Gasteiger partial charge in [0, 0.05) is 26.1 Å². The van der Waals surface area contributed by atoms with Gasteiger partial charge in [-0.2, -0.15) is 8.78 Å². The topological polar surface area (TPSA) is 49.4 Å². The minimum atomic E-state index is -2.95. The molecule has 80 valence electrons. The lowest BCUT2D eigenvalue weighted by atomic mass is 10.3. The average molecular weight is 206 g/mol. The standard InChI is InChI=1S/C8H12F2N2O2/c1-5(13)11-6-2-3-12(4-6)8(14)7(9)10/h6-7H,2-4H2,1H3,(H,11,13). The monoisotopic (exact) mass is 206 g/mol. The number of hydrogen-bond acceptors (Lipinski definition) is 2. The summed E-state index contributed by atoms with van der Waals surface area (Å²) in [5.74, 6) is -1.36. The van der Waals surface area contributed by atoms with E-state index in [0.29, 0.717) is 6.42 Å². The molecule has 0 spiro atoms. The lowest BCUT2D eigenvalue weighted by Gasteiger charge is -2.15. The summed E-state index contributed by atoms with van der Waals surface area (Å²) in [5, 5.41) is 2.59. The highest BCUT2D eigenvalue weighted by Gasteiger charge is 2.30. The van der Waals surface area contributed by atoms with E-state index in [0.717, 1.165) is 4.90 Å². The van der Waals surface area contributed by atoms with E-state index in [1.807, 2.05) is 0 Å². The molecule has 6 heteroatoms. The summed E-state index contributed by atoms with van der Waals surface area (Å²) in [5.41, 5.74) is 0. The van der Waals surface area contributed by atoms with Crippen LogP contribution in [0.25, 0.3) is 0 Å². The Morgan fingerprint density at radius 1 is 1.50 bits per heavy atom. The van der Waals surface area contributed by atoms with Gasteiger partial charge in [0.2, 0.25) is 5.91 Å². The van der Waals surface area contributed by atoms with E-state index in [4.69, 9.17) is 0 Å². The van der Waals surface area contributed by atoms with Gasteiger partial charge >= 0.3 is 6.43 Å². The Morgan fingerprint density at radius 2 is 2.14 bits per heavy atom. The van der Waals surface area contributed by atoms with Crippen LogP contribution in [0.2, 0.25) is 0 Å². The molecule has 2 amide bonds. The van der Waals surface area contributed by atoms with Crippen molar-refractivity contribution in [1.82, 2.24) is 10.2 Å². The highest BCUT2D eigenvalue weighted by atomic mass is 19.3. The number of alkyl halides is 2. The van der Waals surface area contributed by atoms with Gasteiger partial charge in [0.15, 0.2) is 0 Å². The van der Waals surface area contributed by atoms with Crippen molar-refractivity contribution in [2.24, 2.45) is 0 Å². The van der Waals surface area contributed by atoms with E-state index in [1.165, 1.54) is 6.92 Å². The predicted octanol–water partition coefficient (Wildman–Crippen LogP) is -0.0115. The molecule has 1 aliphatic rings. The van der Waals surface area contributed by atoms with Gasteiger partial charge in [-0.1, -0.05) is 0 Å². The lowest BCUT2D eigenvalue weighted by molar-refractivity contribution is -0.141. The Hall–Kier alpha value is -1.20. The summed E-state index contributed by atoms with van der Waals surface area (Å²) in [6.45, 7) is 1.83. The minimum Gasteiger partial charge on any atom is -0.352 e. The molecule has 0 bridgehead atoms. The third-order valence-electron chi connectivity index (χ3n) is 2.09. The second kappa shape index (κ2) is 4.34. The Balaban J connectivity index is 2.41. The highest BCUT2D eigenvalue weighted by Crippen LogP contribution is 2.12. The maximum absolute atomic E-state index is 12.0. The van der Waals surface area contributed by atoms with E-state index in [2.05, 4.69) is 5.32 Å². The van der Waals surface area contributed by atoms with E-state index >= 15 is 0 Å². The predicted molar refractivity (Wildman–Crippen MR) is 44.8 cm³/mol. The summed E-state index contributed by atoms with van der Waals surface area (Å²) in [6.07, 6.45) is -2.41. The van der Waals surface area contributed by atoms with Crippen molar-refractivity contribution in [3.63, 3.8) is 0 Å². The zero-order chi connectivity index (χ0) is 10.7. The molecule has 1 rings (SSSR count). The van der Waals surface area contributed by atoms with Crippen LogP contribution in [-0.4, -0.2) is 42.3 Å². The van der Waals surface area contributed by atoms with Crippen molar-refractivity contribution >= 4 is 11.8 Å².